The highest BCUT2D eigenvalue weighted by Crippen LogP contribution is 1.88. The first-order valence-electron chi connectivity index (χ1n) is 3.34. The van der Waals surface area contributed by atoms with Crippen LogP contribution in [0.2, 0.25) is 0 Å². The summed E-state index contributed by atoms with van der Waals surface area (Å²) in [7, 11) is 0. The van der Waals surface area contributed by atoms with Crippen molar-refractivity contribution in [3.05, 3.63) is 41.1 Å². The maximum absolute atomic E-state index is 4.58. The second kappa shape index (κ2) is 7.68. The molecule has 1 aromatic heterocycles. The lowest BCUT2D eigenvalue weighted by atomic mass is 10.5. The molecule has 0 saturated carbocycles. The number of hydrogen-bond acceptors (Lipinski definition) is 0. The summed E-state index contributed by atoms with van der Waals surface area (Å²) in [6, 6.07) is 10.1. The predicted molar refractivity (Wildman–Crippen MR) is 52.8 cm³/mol. The van der Waals surface area contributed by atoms with Gasteiger partial charge in [0, 0.05) is 10.8 Å². The first-order valence-corrected chi connectivity index (χ1v) is 4.28. The molecule has 0 atom stereocenters. The molecule has 1 heterocycles. The Morgan fingerprint density at radius 3 is 2.58 bits per heavy atom. The van der Waals surface area contributed by atoms with Crippen molar-refractivity contribution >= 4 is 17.3 Å². The van der Waals surface area contributed by atoms with Crippen LogP contribution in [0.5, 0.6) is 0 Å². The van der Waals surface area contributed by atoms with Crippen LogP contribution in [0, 0.1) is 0 Å². The van der Waals surface area contributed by atoms with Crippen molar-refractivity contribution in [2.75, 3.05) is 0 Å². The fourth-order valence-corrected chi connectivity index (χ4v) is 0.873. The Morgan fingerprint density at radius 1 is 1.25 bits per heavy atom. The molecule has 66 valence electrons. The van der Waals surface area contributed by atoms with Crippen LogP contribution in [0.25, 0.3) is 0 Å². The number of guanidine groups is 1. The Bertz CT molecular complexity index is 183. The highest BCUT2D eigenvalue weighted by molar-refractivity contribution is 7.07. The molecule has 0 spiro atoms. The lowest BCUT2D eigenvalue weighted by Gasteiger charge is -1.77. The molecular weight excluding hydrogens is 170 g/mol. The van der Waals surface area contributed by atoms with Gasteiger partial charge < -0.3 is 0 Å². The Balaban J connectivity index is 0.000000261. The van der Waals surface area contributed by atoms with Crippen molar-refractivity contribution < 1.29 is 5.41 Å². The van der Waals surface area contributed by atoms with E-state index in [1.165, 1.54) is 0 Å². The van der Waals surface area contributed by atoms with Gasteiger partial charge in [0.1, 0.15) is 0 Å². The molecule has 0 aliphatic heterocycles. The first-order chi connectivity index (χ1) is 5.73. The molecule has 0 amide bonds. The van der Waals surface area contributed by atoms with Gasteiger partial charge in [-0.25, -0.2) is 12.1 Å². The average Bonchev–Trinajstić information content (AvgIpc) is 1.82. The molecule has 0 fully saturated rings. The normalized spacial score (nSPS) is 7.33. The zero-order chi connectivity index (χ0) is 9.23. The Hall–Kier alpha value is -1.42. The van der Waals surface area contributed by atoms with Gasteiger partial charge in [0.25, 0.3) is 0 Å². The molecule has 4 heteroatoms. The van der Waals surface area contributed by atoms with Crippen LogP contribution in [0.1, 0.15) is 0 Å². The molecule has 0 saturated heterocycles. The summed E-state index contributed by atoms with van der Waals surface area (Å²) < 4.78 is 0. The molecular formula is C8H13N3S. The van der Waals surface area contributed by atoms with Crippen LogP contribution in [0.15, 0.2) is 41.1 Å². The first kappa shape index (κ1) is 10.6. The zero-order valence-electron chi connectivity index (χ0n) is 6.68. The van der Waals surface area contributed by atoms with Crippen molar-refractivity contribution in [2.45, 2.75) is 0 Å². The Morgan fingerprint density at radius 2 is 1.92 bits per heavy atom. The van der Waals surface area contributed by atoms with Crippen molar-refractivity contribution in [3.8, 4) is 0 Å². The number of rotatable bonds is 0. The van der Waals surface area contributed by atoms with Crippen molar-refractivity contribution in [1.29, 1.82) is 0 Å². The molecule has 0 radical (unpaired) electrons. The molecule has 0 aliphatic carbocycles. The van der Waals surface area contributed by atoms with Crippen LogP contribution >= 0.6 is 11.3 Å². The van der Waals surface area contributed by atoms with Gasteiger partial charge in [0.05, 0.1) is 11.3 Å². The van der Waals surface area contributed by atoms with Gasteiger partial charge in [-0.05, 0) is 0 Å². The van der Waals surface area contributed by atoms with Crippen LogP contribution in [0.4, 0.5) is 0 Å². The lowest BCUT2D eigenvalue weighted by Crippen LogP contribution is -2.51. The fourth-order valence-electron chi connectivity index (χ4n) is 0.419. The van der Waals surface area contributed by atoms with E-state index >= 15 is 0 Å². The van der Waals surface area contributed by atoms with E-state index in [0.29, 0.717) is 0 Å². The molecule has 1 rings (SSSR count). The fraction of sp³-hybridized carbons (Fsp3) is 0. The summed E-state index contributed by atoms with van der Waals surface area (Å²) in [5, 5.41) is 8.67. The summed E-state index contributed by atoms with van der Waals surface area (Å²) >= 11 is 1.69. The summed E-state index contributed by atoms with van der Waals surface area (Å²) in [6.07, 6.45) is 0. The van der Waals surface area contributed by atoms with E-state index in [-0.39, 0.29) is 5.96 Å². The topological polar surface area (TPSA) is 77.6 Å². The summed E-state index contributed by atoms with van der Waals surface area (Å²) in [4.78, 5) is 0. The number of nitrogens with two attached hydrogens (primary N) is 3. The molecule has 3 nitrogen and oxygen atoms in total. The standard InChI is InChI=1S/C7H7S.CH5N3/c1-2-4-6-8-7-5-3-1;2-1(3)4/h1-7H;(H5,2,3,4)/q-1;/p+1. The SMILES string of the molecule is NC(N)=[NH2+].c1c[cH-]cc[cH-][s+]c1. The second-order valence-electron chi connectivity index (χ2n) is 1.87. The zero-order valence-corrected chi connectivity index (χ0v) is 7.50. The van der Waals surface area contributed by atoms with E-state index in [2.05, 4.69) is 16.9 Å². The molecule has 12 heavy (non-hydrogen) atoms. The van der Waals surface area contributed by atoms with Crippen LogP contribution in [0.3, 0.4) is 0 Å². The van der Waals surface area contributed by atoms with Crippen LogP contribution < -0.4 is 16.9 Å². The summed E-state index contributed by atoms with van der Waals surface area (Å²) in [6.45, 7) is 0. The largest absolute Gasteiger partial charge is 0.336 e. The molecule has 1 aromatic rings. The molecule has 0 bridgehead atoms. The third-order valence-corrected chi connectivity index (χ3v) is 1.39. The van der Waals surface area contributed by atoms with Gasteiger partial charge in [-0.15, -0.1) is 0 Å². The number of hydrogen-bond donors (Lipinski definition) is 3. The van der Waals surface area contributed by atoms with Crippen LogP contribution in [-0.2, 0) is 0 Å². The van der Waals surface area contributed by atoms with E-state index < -0.39 is 0 Å². The van der Waals surface area contributed by atoms with Crippen molar-refractivity contribution in [2.24, 2.45) is 11.5 Å². The molecule has 0 aromatic carbocycles. The van der Waals surface area contributed by atoms with Gasteiger partial charge in [0.15, 0.2) is 0 Å². The van der Waals surface area contributed by atoms with Gasteiger partial charge in [0.2, 0.25) is 0 Å². The quantitative estimate of drug-likeness (QED) is 0.222. The van der Waals surface area contributed by atoms with E-state index in [0.717, 1.165) is 0 Å². The van der Waals surface area contributed by atoms with Crippen molar-refractivity contribution in [1.82, 2.24) is 0 Å². The highest BCUT2D eigenvalue weighted by Gasteiger charge is 1.64. The minimum atomic E-state index is -0.0833. The van der Waals surface area contributed by atoms with Crippen LogP contribution in [-0.4, -0.2) is 5.96 Å². The van der Waals surface area contributed by atoms with E-state index in [1.807, 2.05) is 41.1 Å². The minimum absolute atomic E-state index is 0.0833. The third kappa shape index (κ3) is 11.4. The monoisotopic (exact) mass is 183 g/mol. The lowest BCUT2D eigenvalue weighted by molar-refractivity contribution is -0.116. The summed E-state index contributed by atoms with van der Waals surface area (Å²) in [5.74, 6) is -0.0833. The Kier molecular flexibility index (Phi) is 6.78. The highest BCUT2D eigenvalue weighted by atomic mass is 32.1. The molecule has 0 unspecified atom stereocenters. The van der Waals surface area contributed by atoms with E-state index in [1.54, 1.807) is 11.3 Å². The summed E-state index contributed by atoms with van der Waals surface area (Å²) in [5.41, 5.74) is 9.17. The van der Waals surface area contributed by atoms with Gasteiger partial charge in [-0.3, -0.25) is 22.9 Å². The smallest absolute Gasteiger partial charge is 0.291 e. The average molecular weight is 183 g/mol. The second-order valence-corrected chi connectivity index (χ2v) is 2.69. The Labute approximate surface area is 75.8 Å². The molecule has 0 aliphatic rings. The molecule has 6 N–H and O–H groups in total. The third-order valence-electron chi connectivity index (χ3n) is 0.759. The van der Waals surface area contributed by atoms with Gasteiger partial charge in [-0.1, -0.05) is 0 Å². The maximum Gasteiger partial charge on any atom is 0.336 e. The predicted octanol–water partition coefficient (Wildman–Crippen LogP) is -0.390. The van der Waals surface area contributed by atoms with Gasteiger partial charge >= 0.3 is 5.96 Å². The van der Waals surface area contributed by atoms with Gasteiger partial charge in [-0.2, -0.15) is 12.1 Å². The minimum Gasteiger partial charge on any atom is -0.291 e. The van der Waals surface area contributed by atoms with Crippen molar-refractivity contribution in [3.63, 3.8) is 0 Å². The van der Waals surface area contributed by atoms with E-state index in [4.69, 9.17) is 0 Å². The van der Waals surface area contributed by atoms with E-state index in [9.17, 15) is 0 Å². The maximum atomic E-state index is 4.58.